The molecule has 4 N–H and O–H groups in total. The lowest BCUT2D eigenvalue weighted by atomic mass is 9.47. The van der Waals surface area contributed by atoms with Gasteiger partial charge in [-0.25, -0.2) is 0 Å². The third-order valence-electron chi connectivity index (χ3n) is 13.5. The zero-order chi connectivity index (χ0) is 34.6. The second-order valence-electron chi connectivity index (χ2n) is 19.0. The van der Waals surface area contributed by atoms with E-state index in [9.17, 15) is 4.79 Å². The van der Waals surface area contributed by atoms with E-state index in [4.69, 9.17) is 11.5 Å². The average Bonchev–Trinajstić information content (AvgIpc) is 3.33. The summed E-state index contributed by atoms with van der Waals surface area (Å²) in [6.07, 6.45) is 21.4. The number of allylic oxidation sites excluding steroid dienone is 2. The highest BCUT2D eigenvalue weighted by Gasteiger charge is 2.59. The van der Waals surface area contributed by atoms with Gasteiger partial charge < -0.3 is 16.4 Å². The van der Waals surface area contributed by atoms with Crippen LogP contribution in [-0.2, 0) is 4.79 Å². The molecule has 4 aliphatic carbocycles. The van der Waals surface area contributed by atoms with Crippen molar-refractivity contribution in [3.8, 4) is 0 Å². The fourth-order valence-electron chi connectivity index (χ4n) is 10.7. The van der Waals surface area contributed by atoms with Crippen LogP contribution in [0.2, 0.25) is 0 Å². The lowest BCUT2D eigenvalue weighted by Crippen LogP contribution is -2.50. The summed E-state index contributed by atoms with van der Waals surface area (Å²) in [5.74, 6) is 6.56. The Morgan fingerprint density at radius 2 is 1.66 bits per heavy atom. The molecule has 0 unspecified atom stereocenters. The molecule has 3 fully saturated rings. The van der Waals surface area contributed by atoms with E-state index in [2.05, 4.69) is 84.1 Å². The Bertz CT molecular complexity index is 1050. The van der Waals surface area contributed by atoms with Gasteiger partial charge in [0.15, 0.2) is 0 Å². The second-order valence-corrected chi connectivity index (χ2v) is 21.8. The van der Waals surface area contributed by atoms with Crippen molar-refractivity contribution in [2.45, 2.75) is 175 Å². The quantitative estimate of drug-likeness (QED) is 0.0903. The minimum absolute atomic E-state index is 0.193. The molecule has 3 saturated carbocycles. The van der Waals surface area contributed by atoms with E-state index in [0.29, 0.717) is 22.5 Å². The van der Waals surface area contributed by atoms with Crippen molar-refractivity contribution in [3.63, 3.8) is 0 Å². The van der Waals surface area contributed by atoms with E-state index in [-0.39, 0.29) is 17.0 Å². The van der Waals surface area contributed by atoms with Crippen molar-refractivity contribution in [2.75, 3.05) is 18.8 Å². The lowest BCUT2D eigenvalue weighted by Gasteiger charge is -2.58. The fourth-order valence-corrected chi connectivity index (χ4v) is 13.3. The van der Waals surface area contributed by atoms with Crippen LogP contribution in [0.4, 0.5) is 0 Å². The Labute approximate surface area is 299 Å². The van der Waals surface area contributed by atoms with Crippen LogP contribution in [0, 0.1) is 46.3 Å². The first-order chi connectivity index (χ1) is 21.9. The number of hydrogen-bond acceptors (Lipinski definition) is 5. The smallest absolute Gasteiger partial charge is 0.223 e. The Kier molecular flexibility index (Phi) is 13.9. The van der Waals surface area contributed by atoms with Crippen LogP contribution in [0.15, 0.2) is 11.6 Å². The Morgan fingerprint density at radius 3 is 2.34 bits per heavy atom. The van der Waals surface area contributed by atoms with Crippen LogP contribution in [0.1, 0.15) is 159 Å². The van der Waals surface area contributed by atoms with Gasteiger partial charge in [-0.1, -0.05) is 87.1 Å². The van der Waals surface area contributed by atoms with Crippen LogP contribution in [-0.4, -0.2) is 46.0 Å². The van der Waals surface area contributed by atoms with Crippen molar-refractivity contribution in [2.24, 2.45) is 57.8 Å². The summed E-state index contributed by atoms with van der Waals surface area (Å²) in [6, 6.07) is 0. The number of carbonyl (C=O) groups is 1. The van der Waals surface area contributed by atoms with E-state index >= 15 is 0 Å². The second kappa shape index (κ2) is 16.4. The first kappa shape index (κ1) is 39.6. The molecule has 272 valence electrons. The zero-order valence-corrected chi connectivity index (χ0v) is 33.8. The predicted molar refractivity (Wildman–Crippen MR) is 208 cm³/mol. The molecular weight excluding hydrogens is 615 g/mol. The van der Waals surface area contributed by atoms with Gasteiger partial charge >= 0.3 is 0 Å². The molecule has 0 aromatic rings. The molecule has 4 nitrogen and oxygen atoms in total. The number of carbonyl (C=O) groups excluding carboxylic acids is 1. The van der Waals surface area contributed by atoms with Crippen LogP contribution in [0.5, 0.6) is 0 Å². The summed E-state index contributed by atoms with van der Waals surface area (Å²) in [6.45, 7) is 22.5. The summed E-state index contributed by atoms with van der Waals surface area (Å²) >= 11 is 0. The monoisotopic (exact) mass is 690 g/mol. The average molecular weight is 690 g/mol. The molecule has 4 aliphatic rings. The normalized spacial score (nSPS) is 33.2. The number of hydrogen-bond donors (Lipinski definition) is 2. The van der Waals surface area contributed by atoms with Crippen LogP contribution in [0.25, 0.3) is 0 Å². The number of nitrogens with two attached hydrogens (primary N) is 2. The number of amides is 1. The predicted octanol–water partition coefficient (Wildman–Crippen LogP) is 10.6. The molecule has 0 saturated heterocycles. The summed E-state index contributed by atoms with van der Waals surface area (Å²) in [7, 11) is 4.01. The minimum atomic E-state index is -0.262. The standard InChI is InChI=1S/C41H75N3OS2/c1-29(2)12-10-13-30(3)34-16-17-35-33-15-14-31-28-32(18-22-40(31,8)36(33)19-23-41(34,35)9)47-46-27-20-37(45)44(26-24-39(6,7)43)25-11-21-38(4,5)42/h14,29-30,32-36H,10-13,15-28,42-43H2,1-9H3/t30-,32+,33+,34-,35+,36+,40+,41-/m1/s1. The fraction of sp³-hybridized carbons (Fsp3) is 0.927. The molecule has 8 atom stereocenters. The van der Waals surface area contributed by atoms with Crippen LogP contribution < -0.4 is 11.5 Å². The van der Waals surface area contributed by atoms with Gasteiger partial charge in [0.2, 0.25) is 5.91 Å². The largest absolute Gasteiger partial charge is 0.343 e. The first-order valence-corrected chi connectivity index (χ1v) is 22.1. The lowest BCUT2D eigenvalue weighted by molar-refractivity contribution is -0.131. The molecule has 0 aromatic carbocycles. The molecule has 0 radical (unpaired) electrons. The summed E-state index contributed by atoms with van der Waals surface area (Å²) in [4.78, 5) is 15.3. The van der Waals surface area contributed by atoms with Crippen molar-refractivity contribution in [1.82, 2.24) is 4.90 Å². The van der Waals surface area contributed by atoms with E-state index in [0.717, 1.165) is 73.6 Å². The molecule has 0 bridgehead atoms. The Morgan fingerprint density at radius 1 is 0.936 bits per heavy atom. The van der Waals surface area contributed by atoms with Crippen molar-refractivity contribution >= 4 is 27.5 Å². The Hall–Kier alpha value is -0.170. The maximum absolute atomic E-state index is 13.3. The highest BCUT2D eigenvalue weighted by atomic mass is 33.1. The highest BCUT2D eigenvalue weighted by Crippen LogP contribution is 2.67. The van der Waals surface area contributed by atoms with Gasteiger partial charge in [0, 0.05) is 41.6 Å². The van der Waals surface area contributed by atoms with Crippen molar-refractivity contribution < 1.29 is 4.79 Å². The molecule has 0 heterocycles. The van der Waals surface area contributed by atoms with Gasteiger partial charge in [-0.05, 0) is 145 Å². The summed E-state index contributed by atoms with van der Waals surface area (Å²) in [5.41, 5.74) is 14.8. The van der Waals surface area contributed by atoms with Gasteiger partial charge in [-0.2, -0.15) is 0 Å². The molecule has 47 heavy (non-hydrogen) atoms. The summed E-state index contributed by atoms with van der Waals surface area (Å²) < 4.78 is 0. The third kappa shape index (κ3) is 10.4. The molecule has 4 rings (SSSR count). The molecule has 0 spiro atoms. The minimum Gasteiger partial charge on any atom is -0.343 e. The van der Waals surface area contributed by atoms with Crippen LogP contribution >= 0.6 is 21.6 Å². The molecule has 0 aromatic heterocycles. The van der Waals surface area contributed by atoms with Crippen molar-refractivity contribution in [3.05, 3.63) is 11.6 Å². The molecule has 1 amide bonds. The van der Waals surface area contributed by atoms with E-state index < -0.39 is 0 Å². The van der Waals surface area contributed by atoms with E-state index in [1.54, 1.807) is 5.57 Å². The van der Waals surface area contributed by atoms with Gasteiger partial charge in [-0.3, -0.25) is 4.79 Å². The van der Waals surface area contributed by atoms with Gasteiger partial charge in [0.05, 0.1) is 0 Å². The third-order valence-corrected chi connectivity index (χ3v) is 16.4. The number of fused-ring (bicyclic) bond motifs is 5. The van der Waals surface area contributed by atoms with Gasteiger partial charge in [0.25, 0.3) is 0 Å². The number of nitrogens with zero attached hydrogens (tertiary/aromatic N) is 1. The van der Waals surface area contributed by atoms with Gasteiger partial charge in [-0.15, -0.1) is 0 Å². The molecule has 6 heteroatoms. The summed E-state index contributed by atoms with van der Waals surface area (Å²) in [5, 5.41) is 0.684. The number of rotatable bonds is 17. The zero-order valence-electron chi connectivity index (χ0n) is 32.2. The molecular formula is C41H75N3OS2. The van der Waals surface area contributed by atoms with Gasteiger partial charge in [0.1, 0.15) is 0 Å². The maximum Gasteiger partial charge on any atom is 0.223 e. The van der Waals surface area contributed by atoms with E-state index in [1.165, 1.54) is 70.6 Å². The van der Waals surface area contributed by atoms with E-state index in [1.807, 2.05) is 10.8 Å². The maximum atomic E-state index is 13.3. The first-order valence-electron chi connectivity index (χ1n) is 19.8. The highest BCUT2D eigenvalue weighted by molar-refractivity contribution is 8.76. The van der Waals surface area contributed by atoms with Crippen molar-refractivity contribution in [1.29, 1.82) is 0 Å². The van der Waals surface area contributed by atoms with Crippen LogP contribution in [0.3, 0.4) is 0 Å². The molecule has 0 aliphatic heterocycles. The topological polar surface area (TPSA) is 72.3 Å². The Balaban J connectivity index is 1.26. The SMILES string of the molecule is CC(C)CCC[C@@H](C)[C@H]1CC[C@H]2[C@@H]3CC=C4C[C@@H](SSCCC(=O)N(CCCC(C)(C)N)CCC(C)(C)N)CC[C@]4(C)[C@H]3CC[C@]12C.